The molecule has 0 fully saturated rings. The van der Waals surface area contributed by atoms with Crippen molar-refractivity contribution in [1.29, 1.82) is 5.26 Å². The standard InChI is InChI=1S/C10H9N5O/c11-5-9-7-13-10-2-1-8(14-15(9)10)6-12-3-4-16/h1-2,6-7,16H,3-4H2. The second-order valence-corrected chi connectivity index (χ2v) is 3.04. The molecule has 80 valence electrons. The first kappa shape index (κ1) is 10.3. The van der Waals surface area contributed by atoms with E-state index in [0.717, 1.165) is 0 Å². The van der Waals surface area contributed by atoms with E-state index in [4.69, 9.17) is 10.4 Å². The topological polar surface area (TPSA) is 86.6 Å². The van der Waals surface area contributed by atoms with Crippen LogP contribution in [0, 0.1) is 11.3 Å². The molecule has 6 heteroatoms. The van der Waals surface area contributed by atoms with E-state index in [1.165, 1.54) is 10.7 Å². The Morgan fingerprint density at radius 1 is 1.56 bits per heavy atom. The van der Waals surface area contributed by atoms with Gasteiger partial charge in [0.15, 0.2) is 11.3 Å². The number of hydrogen-bond acceptors (Lipinski definition) is 5. The first-order chi connectivity index (χ1) is 7.85. The number of aliphatic hydroxyl groups excluding tert-OH is 1. The molecular weight excluding hydrogens is 206 g/mol. The van der Waals surface area contributed by atoms with Crippen LogP contribution in [0.25, 0.3) is 5.65 Å². The molecule has 2 rings (SSSR count). The molecule has 0 aliphatic rings. The molecule has 0 bridgehead atoms. The summed E-state index contributed by atoms with van der Waals surface area (Å²) in [6, 6.07) is 5.51. The van der Waals surface area contributed by atoms with Crippen molar-refractivity contribution in [3.63, 3.8) is 0 Å². The minimum absolute atomic E-state index is 0.00721. The maximum Gasteiger partial charge on any atom is 0.162 e. The summed E-state index contributed by atoms with van der Waals surface area (Å²) in [5.74, 6) is 0. The minimum Gasteiger partial charge on any atom is -0.394 e. The van der Waals surface area contributed by atoms with Gasteiger partial charge in [-0.15, -0.1) is 0 Å². The third-order valence-electron chi connectivity index (χ3n) is 1.95. The van der Waals surface area contributed by atoms with Crippen molar-refractivity contribution < 1.29 is 5.11 Å². The zero-order valence-corrected chi connectivity index (χ0v) is 8.41. The summed E-state index contributed by atoms with van der Waals surface area (Å²) in [5.41, 5.74) is 1.62. The third-order valence-corrected chi connectivity index (χ3v) is 1.95. The molecule has 0 amide bonds. The monoisotopic (exact) mass is 215 g/mol. The summed E-state index contributed by atoms with van der Waals surface area (Å²) in [6.07, 6.45) is 3.02. The van der Waals surface area contributed by atoms with Crippen molar-refractivity contribution in [2.45, 2.75) is 0 Å². The van der Waals surface area contributed by atoms with Crippen LogP contribution in [0.4, 0.5) is 0 Å². The zero-order chi connectivity index (χ0) is 11.4. The molecule has 1 N–H and O–H groups in total. The van der Waals surface area contributed by atoms with Crippen LogP contribution >= 0.6 is 0 Å². The quantitative estimate of drug-likeness (QED) is 0.731. The van der Waals surface area contributed by atoms with E-state index in [-0.39, 0.29) is 6.61 Å². The smallest absolute Gasteiger partial charge is 0.162 e. The Hall–Kier alpha value is -2.26. The van der Waals surface area contributed by atoms with E-state index in [1.54, 1.807) is 18.3 Å². The summed E-state index contributed by atoms with van der Waals surface area (Å²) < 4.78 is 1.46. The lowest BCUT2D eigenvalue weighted by molar-refractivity contribution is 0.307. The summed E-state index contributed by atoms with van der Waals surface area (Å²) in [6.45, 7) is 0.349. The highest BCUT2D eigenvalue weighted by atomic mass is 16.3. The minimum atomic E-state index is 0.00721. The Kier molecular flexibility index (Phi) is 2.89. The average molecular weight is 215 g/mol. The van der Waals surface area contributed by atoms with Crippen LogP contribution < -0.4 is 0 Å². The predicted octanol–water partition coefficient (Wildman–Crippen LogP) is 0.0122. The number of fused-ring (bicyclic) bond motifs is 1. The lowest BCUT2D eigenvalue weighted by Gasteiger charge is -1.95. The molecule has 0 radical (unpaired) electrons. The zero-order valence-electron chi connectivity index (χ0n) is 8.41. The fourth-order valence-corrected chi connectivity index (χ4v) is 1.25. The van der Waals surface area contributed by atoms with Gasteiger partial charge in [0.25, 0.3) is 0 Å². The molecule has 0 spiro atoms. The normalized spacial score (nSPS) is 11.0. The van der Waals surface area contributed by atoms with E-state index >= 15 is 0 Å². The molecule has 16 heavy (non-hydrogen) atoms. The van der Waals surface area contributed by atoms with E-state index in [2.05, 4.69) is 15.1 Å². The van der Waals surface area contributed by atoms with Crippen LogP contribution in [0.1, 0.15) is 11.4 Å². The Bertz CT molecular complexity index is 566. The number of imidazole rings is 1. The van der Waals surface area contributed by atoms with E-state index < -0.39 is 0 Å². The SMILES string of the molecule is N#Cc1cnc2ccc(C=NCCO)nn12. The Balaban J connectivity index is 2.39. The van der Waals surface area contributed by atoms with Gasteiger partial charge in [0, 0.05) is 6.21 Å². The molecule has 0 atom stereocenters. The molecular formula is C10H9N5O. The van der Waals surface area contributed by atoms with Crippen molar-refractivity contribution in [3.05, 3.63) is 29.7 Å². The summed E-state index contributed by atoms with van der Waals surface area (Å²) in [7, 11) is 0. The van der Waals surface area contributed by atoms with Crippen LogP contribution in [0.15, 0.2) is 23.3 Å². The first-order valence-electron chi connectivity index (χ1n) is 4.70. The van der Waals surface area contributed by atoms with Crippen LogP contribution in [0.3, 0.4) is 0 Å². The van der Waals surface area contributed by atoms with Crippen molar-refractivity contribution in [3.8, 4) is 6.07 Å². The molecule has 2 aromatic heterocycles. The van der Waals surface area contributed by atoms with Gasteiger partial charge in [-0.2, -0.15) is 10.4 Å². The number of nitrogens with zero attached hydrogens (tertiary/aromatic N) is 5. The van der Waals surface area contributed by atoms with Gasteiger partial charge in [-0.1, -0.05) is 0 Å². The van der Waals surface area contributed by atoms with Gasteiger partial charge < -0.3 is 5.11 Å². The fourth-order valence-electron chi connectivity index (χ4n) is 1.25. The Morgan fingerprint density at radius 3 is 3.19 bits per heavy atom. The van der Waals surface area contributed by atoms with Crippen LogP contribution in [-0.4, -0.2) is 39.1 Å². The van der Waals surface area contributed by atoms with E-state index in [9.17, 15) is 0 Å². The second-order valence-electron chi connectivity index (χ2n) is 3.04. The highest BCUT2D eigenvalue weighted by Gasteiger charge is 2.03. The van der Waals surface area contributed by atoms with Gasteiger partial charge in [0.1, 0.15) is 11.8 Å². The number of aromatic nitrogens is 3. The average Bonchev–Trinajstić information content (AvgIpc) is 2.71. The predicted molar refractivity (Wildman–Crippen MR) is 57.2 cm³/mol. The number of hydrogen-bond donors (Lipinski definition) is 1. The van der Waals surface area contributed by atoms with Crippen molar-refractivity contribution in [1.82, 2.24) is 14.6 Å². The van der Waals surface area contributed by atoms with Gasteiger partial charge in [-0.05, 0) is 12.1 Å². The highest BCUT2D eigenvalue weighted by Crippen LogP contribution is 2.03. The Labute approximate surface area is 91.5 Å². The van der Waals surface area contributed by atoms with Gasteiger partial charge in [-0.25, -0.2) is 9.50 Å². The van der Waals surface area contributed by atoms with Crippen LogP contribution in [0.2, 0.25) is 0 Å². The van der Waals surface area contributed by atoms with Gasteiger partial charge >= 0.3 is 0 Å². The van der Waals surface area contributed by atoms with Crippen molar-refractivity contribution >= 4 is 11.9 Å². The number of aliphatic imine (C=N–C) groups is 1. The number of nitriles is 1. The molecule has 0 aliphatic carbocycles. The maximum atomic E-state index is 8.81. The highest BCUT2D eigenvalue weighted by molar-refractivity contribution is 5.77. The van der Waals surface area contributed by atoms with Crippen LogP contribution in [0.5, 0.6) is 0 Å². The molecule has 0 saturated heterocycles. The van der Waals surface area contributed by atoms with Gasteiger partial charge in [0.05, 0.1) is 19.3 Å². The second kappa shape index (κ2) is 4.51. The molecule has 0 aliphatic heterocycles. The van der Waals surface area contributed by atoms with E-state index in [0.29, 0.717) is 23.6 Å². The lowest BCUT2D eigenvalue weighted by atomic mass is 10.4. The first-order valence-corrected chi connectivity index (χ1v) is 4.70. The largest absolute Gasteiger partial charge is 0.394 e. The summed E-state index contributed by atoms with van der Waals surface area (Å²) in [4.78, 5) is 7.97. The molecule has 0 saturated carbocycles. The molecule has 0 unspecified atom stereocenters. The lowest BCUT2D eigenvalue weighted by Crippen LogP contribution is -1.99. The van der Waals surface area contributed by atoms with Gasteiger partial charge in [-0.3, -0.25) is 4.99 Å². The number of aliphatic hydroxyl groups is 1. The fraction of sp³-hybridized carbons (Fsp3) is 0.200. The van der Waals surface area contributed by atoms with Crippen LogP contribution in [-0.2, 0) is 0 Å². The molecule has 0 aromatic carbocycles. The summed E-state index contributed by atoms with van der Waals surface area (Å²) >= 11 is 0. The third kappa shape index (κ3) is 1.89. The molecule has 6 nitrogen and oxygen atoms in total. The molecule has 2 heterocycles. The summed E-state index contributed by atoms with van der Waals surface area (Å²) in [5, 5.41) is 21.6. The van der Waals surface area contributed by atoms with E-state index in [1.807, 2.05) is 6.07 Å². The van der Waals surface area contributed by atoms with Crippen molar-refractivity contribution in [2.24, 2.45) is 4.99 Å². The van der Waals surface area contributed by atoms with Gasteiger partial charge in [0.2, 0.25) is 0 Å². The maximum absolute atomic E-state index is 8.81. The van der Waals surface area contributed by atoms with Crippen molar-refractivity contribution in [2.75, 3.05) is 13.2 Å². The Morgan fingerprint density at radius 2 is 2.44 bits per heavy atom. The molecule has 2 aromatic rings. The number of rotatable bonds is 3.